The second kappa shape index (κ2) is 17.1. The average molecular weight is 425 g/mol. The van der Waals surface area contributed by atoms with E-state index < -0.39 is 0 Å². The normalized spacial score (nSPS) is 12.5. The smallest absolute Gasteiger partial charge is 0.193 e. The zero-order valence-corrected chi connectivity index (χ0v) is 18.9. The molecular weight excluding hydrogens is 388 g/mol. The number of unbranched alkanes of at least 4 members (excludes halogenated alkanes) is 8. The maximum Gasteiger partial charge on any atom is 0.193 e. The number of hydrogen-bond acceptors (Lipinski definition) is 3. The number of carbonyl (C=O) groups is 1. The summed E-state index contributed by atoms with van der Waals surface area (Å²) in [5.74, 6) is 0. The molecule has 4 heteroatoms. The van der Waals surface area contributed by atoms with Crippen LogP contribution in [0.5, 0.6) is 0 Å². The maximum absolute atomic E-state index is 12.0. The van der Waals surface area contributed by atoms with E-state index >= 15 is 0 Å². The van der Waals surface area contributed by atoms with Gasteiger partial charge >= 0.3 is 0 Å². The molecule has 0 aliphatic rings. The first-order valence-electron chi connectivity index (χ1n) is 10.9. The summed E-state index contributed by atoms with van der Waals surface area (Å²) in [6, 6.07) is 7.42. The molecule has 158 valence electrons. The molecule has 0 aromatic heterocycles. The van der Waals surface area contributed by atoms with Gasteiger partial charge in [0.05, 0.1) is 6.10 Å². The van der Waals surface area contributed by atoms with Crippen molar-refractivity contribution >= 4 is 28.5 Å². The van der Waals surface area contributed by atoms with E-state index in [1.54, 1.807) is 0 Å². The van der Waals surface area contributed by atoms with Crippen molar-refractivity contribution in [3.8, 4) is 0 Å². The van der Waals surface area contributed by atoms with Crippen LogP contribution in [0.1, 0.15) is 90.4 Å². The van der Waals surface area contributed by atoms with Crippen molar-refractivity contribution in [2.45, 2.75) is 101 Å². The number of rotatable bonds is 16. The third kappa shape index (κ3) is 14.3. The summed E-state index contributed by atoms with van der Waals surface area (Å²) in [6.45, 7) is 2.21. The van der Waals surface area contributed by atoms with E-state index in [9.17, 15) is 9.90 Å². The maximum atomic E-state index is 12.0. The highest BCUT2D eigenvalue weighted by Gasteiger charge is 2.04. The first kappa shape index (κ1) is 25.3. The molecular formula is C24H37ClO2S. The van der Waals surface area contributed by atoms with Gasteiger partial charge in [-0.2, -0.15) is 0 Å². The molecule has 0 aliphatic heterocycles. The Hall–Kier alpha value is -0.770. The van der Waals surface area contributed by atoms with E-state index in [-0.39, 0.29) is 11.2 Å². The number of aliphatic hydroxyl groups excluding tert-OH is 1. The molecule has 0 saturated carbocycles. The van der Waals surface area contributed by atoms with Crippen molar-refractivity contribution in [1.29, 1.82) is 0 Å². The lowest BCUT2D eigenvalue weighted by Gasteiger charge is -2.07. The van der Waals surface area contributed by atoms with Crippen LogP contribution in [0.15, 0.2) is 41.3 Å². The van der Waals surface area contributed by atoms with Crippen molar-refractivity contribution in [2.75, 3.05) is 0 Å². The van der Waals surface area contributed by atoms with Crippen LogP contribution in [0, 0.1) is 0 Å². The quantitative estimate of drug-likeness (QED) is 0.166. The Bertz CT molecular complexity index is 542. The molecule has 1 rings (SSSR count). The van der Waals surface area contributed by atoms with E-state index in [2.05, 4.69) is 19.1 Å². The fourth-order valence-corrected chi connectivity index (χ4v) is 3.95. The van der Waals surface area contributed by atoms with Gasteiger partial charge in [0.25, 0.3) is 0 Å². The summed E-state index contributed by atoms with van der Waals surface area (Å²) >= 11 is 7.16. The molecule has 0 saturated heterocycles. The highest BCUT2D eigenvalue weighted by molar-refractivity contribution is 8.13. The van der Waals surface area contributed by atoms with Crippen molar-refractivity contribution < 1.29 is 9.90 Å². The first-order chi connectivity index (χ1) is 13.6. The van der Waals surface area contributed by atoms with Crippen LogP contribution >= 0.6 is 23.4 Å². The summed E-state index contributed by atoms with van der Waals surface area (Å²) < 4.78 is 0. The predicted octanol–water partition coefficient (Wildman–Crippen LogP) is 7.97. The number of benzene rings is 1. The summed E-state index contributed by atoms with van der Waals surface area (Å²) in [5, 5.41) is 10.8. The molecule has 0 aliphatic carbocycles. The highest BCUT2D eigenvalue weighted by Crippen LogP contribution is 2.23. The Labute approximate surface area is 181 Å². The van der Waals surface area contributed by atoms with E-state index in [1.807, 2.05) is 24.3 Å². The molecule has 0 spiro atoms. The monoisotopic (exact) mass is 424 g/mol. The standard InChI is InChI=1S/C24H37ClO2S/c1-2-3-4-11-14-22(26)15-12-9-7-5-6-8-10-13-16-24(27)28-23-19-17-21(25)18-20-23/h9,12,17-20,22,26H,2-8,10-11,13-16H2,1H3/b12-9-/t22-/m1/s1. The zero-order chi connectivity index (χ0) is 20.5. The van der Waals surface area contributed by atoms with Gasteiger partial charge in [0.15, 0.2) is 5.12 Å². The van der Waals surface area contributed by atoms with Crippen molar-refractivity contribution in [2.24, 2.45) is 0 Å². The van der Waals surface area contributed by atoms with Gasteiger partial charge in [-0.25, -0.2) is 0 Å². The lowest BCUT2D eigenvalue weighted by molar-refractivity contribution is -0.111. The van der Waals surface area contributed by atoms with Gasteiger partial charge in [-0.1, -0.05) is 87.4 Å². The molecule has 0 heterocycles. The summed E-state index contributed by atoms with van der Waals surface area (Å²) in [5.41, 5.74) is 0. The largest absolute Gasteiger partial charge is 0.393 e. The van der Waals surface area contributed by atoms with E-state index in [0.29, 0.717) is 11.4 Å². The lowest BCUT2D eigenvalue weighted by Crippen LogP contribution is -2.04. The molecule has 1 aromatic carbocycles. The fraction of sp³-hybridized carbons (Fsp3) is 0.625. The molecule has 28 heavy (non-hydrogen) atoms. The lowest BCUT2D eigenvalue weighted by atomic mass is 10.1. The minimum atomic E-state index is -0.170. The van der Waals surface area contributed by atoms with Gasteiger partial charge in [0, 0.05) is 16.3 Å². The Morgan fingerprint density at radius 1 is 1.00 bits per heavy atom. The summed E-state index contributed by atoms with van der Waals surface area (Å²) in [7, 11) is 0. The third-order valence-electron chi connectivity index (χ3n) is 4.76. The molecule has 0 amide bonds. The predicted molar refractivity (Wildman–Crippen MR) is 123 cm³/mol. The van der Waals surface area contributed by atoms with E-state index in [0.717, 1.165) is 43.4 Å². The number of allylic oxidation sites excluding steroid dienone is 1. The summed E-state index contributed by atoms with van der Waals surface area (Å²) in [6.07, 6.45) is 18.2. The number of thioether (sulfide) groups is 1. The van der Waals surface area contributed by atoms with Crippen molar-refractivity contribution in [3.05, 3.63) is 41.4 Å². The van der Waals surface area contributed by atoms with Crippen molar-refractivity contribution in [3.63, 3.8) is 0 Å². The molecule has 1 N–H and O–H groups in total. The van der Waals surface area contributed by atoms with Gasteiger partial charge in [0.2, 0.25) is 0 Å². The van der Waals surface area contributed by atoms with Crippen molar-refractivity contribution in [1.82, 2.24) is 0 Å². The number of hydrogen-bond donors (Lipinski definition) is 1. The average Bonchev–Trinajstić information content (AvgIpc) is 2.68. The molecule has 0 radical (unpaired) electrons. The van der Waals surface area contributed by atoms with Crippen LogP contribution in [0.3, 0.4) is 0 Å². The Kier molecular flexibility index (Phi) is 15.4. The molecule has 0 bridgehead atoms. The minimum Gasteiger partial charge on any atom is -0.393 e. The Morgan fingerprint density at radius 2 is 1.68 bits per heavy atom. The summed E-state index contributed by atoms with van der Waals surface area (Å²) in [4.78, 5) is 12.9. The van der Waals surface area contributed by atoms with Gasteiger partial charge in [-0.15, -0.1) is 0 Å². The van der Waals surface area contributed by atoms with Gasteiger partial charge in [0.1, 0.15) is 0 Å². The molecule has 0 unspecified atom stereocenters. The molecule has 1 atom stereocenters. The van der Waals surface area contributed by atoms with Crippen LogP contribution in [0.25, 0.3) is 0 Å². The van der Waals surface area contributed by atoms with Crippen LogP contribution in [0.4, 0.5) is 0 Å². The zero-order valence-electron chi connectivity index (χ0n) is 17.4. The van der Waals surface area contributed by atoms with Gasteiger partial charge < -0.3 is 5.11 Å². The molecule has 0 fully saturated rings. The molecule has 1 aromatic rings. The second-order valence-corrected chi connectivity index (χ2v) is 9.01. The second-order valence-electron chi connectivity index (χ2n) is 7.44. The van der Waals surface area contributed by atoms with Crippen LogP contribution in [-0.2, 0) is 4.79 Å². The Balaban J connectivity index is 1.91. The number of carbonyl (C=O) groups excluding carboxylic acids is 1. The fourth-order valence-electron chi connectivity index (χ4n) is 3.04. The number of aliphatic hydroxyl groups is 1. The Morgan fingerprint density at radius 3 is 2.43 bits per heavy atom. The first-order valence-corrected chi connectivity index (χ1v) is 12.1. The topological polar surface area (TPSA) is 37.3 Å². The van der Waals surface area contributed by atoms with Crippen LogP contribution in [-0.4, -0.2) is 16.3 Å². The van der Waals surface area contributed by atoms with E-state index in [4.69, 9.17) is 11.6 Å². The van der Waals surface area contributed by atoms with Gasteiger partial charge in [-0.3, -0.25) is 4.79 Å². The minimum absolute atomic E-state index is 0.170. The van der Waals surface area contributed by atoms with Gasteiger partial charge in [-0.05, 0) is 56.4 Å². The highest BCUT2D eigenvalue weighted by atomic mass is 35.5. The molecule has 2 nitrogen and oxygen atoms in total. The SMILES string of the molecule is CCCCCC[C@@H](O)C/C=C\CCCCCCCC(=O)Sc1ccc(Cl)cc1. The van der Waals surface area contributed by atoms with E-state index in [1.165, 1.54) is 50.3 Å². The van der Waals surface area contributed by atoms with Crippen LogP contribution in [0.2, 0.25) is 5.02 Å². The third-order valence-corrected chi connectivity index (χ3v) is 5.95. The number of halogens is 1. The van der Waals surface area contributed by atoms with Crippen LogP contribution < -0.4 is 0 Å².